The fourth-order valence-corrected chi connectivity index (χ4v) is 6.72. The number of H-pyrrole nitrogens is 1. The molecule has 1 aliphatic heterocycles. The predicted molar refractivity (Wildman–Crippen MR) is 179 cm³/mol. The molecule has 2 aromatic carbocycles. The van der Waals surface area contributed by atoms with Gasteiger partial charge in [-0.15, -0.1) is 0 Å². The van der Waals surface area contributed by atoms with Crippen LogP contribution in [0.5, 0.6) is 0 Å². The molecule has 246 valence electrons. The number of nitrogens with two attached hydrogens (primary N) is 2. The predicted octanol–water partition coefficient (Wildman–Crippen LogP) is 6.40. The highest BCUT2D eigenvalue weighted by molar-refractivity contribution is 6.31. The first-order chi connectivity index (χ1) is 22.1. The van der Waals surface area contributed by atoms with Crippen LogP contribution in [0, 0.1) is 11.2 Å². The number of piperidine rings is 1. The largest absolute Gasteiger partial charge is 0.466 e. The van der Waals surface area contributed by atoms with Crippen LogP contribution in [-0.2, 0) is 11.2 Å². The molecule has 3 atom stereocenters. The van der Waals surface area contributed by atoms with Gasteiger partial charge in [0, 0.05) is 41.8 Å². The molecule has 0 saturated carbocycles. The summed E-state index contributed by atoms with van der Waals surface area (Å²) in [7, 11) is 0. The van der Waals surface area contributed by atoms with Gasteiger partial charge in [-0.3, -0.25) is 19.3 Å². The third-order valence-electron chi connectivity index (χ3n) is 8.71. The molecule has 0 amide bonds. The van der Waals surface area contributed by atoms with Crippen LogP contribution in [0.2, 0.25) is 5.02 Å². The second-order valence-corrected chi connectivity index (χ2v) is 12.6. The van der Waals surface area contributed by atoms with Gasteiger partial charge in [-0.1, -0.05) is 23.7 Å². The van der Waals surface area contributed by atoms with Crippen molar-refractivity contribution in [1.82, 2.24) is 19.4 Å². The molecule has 1 fully saturated rings. The van der Waals surface area contributed by atoms with Gasteiger partial charge in [-0.05, 0) is 99.7 Å². The van der Waals surface area contributed by atoms with E-state index < -0.39 is 18.2 Å². The lowest BCUT2D eigenvalue weighted by Crippen LogP contribution is -2.43. The summed E-state index contributed by atoms with van der Waals surface area (Å²) in [5.74, 6) is -0.535. The smallest absolute Gasteiger partial charge is 0.354 e. The Morgan fingerprint density at radius 2 is 2.00 bits per heavy atom. The first-order valence-electron chi connectivity index (χ1n) is 15.9. The molecule has 46 heavy (non-hydrogen) atoms. The first-order valence-corrected chi connectivity index (χ1v) is 16.3. The Kier molecular flexibility index (Phi) is 11.1. The minimum absolute atomic E-state index is 0.0384. The van der Waals surface area contributed by atoms with E-state index >= 15 is 4.39 Å². The molecule has 0 unspecified atom stereocenters. The Bertz CT molecular complexity index is 1710. The molecule has 9 nitrogen and oxygen atoms in total. The van der Waals surface area contributed by atoms with Crippen molar-refractivity contribution in [3.8, 4) is 16.9 Å². The van der Waals surface area contributed by atoms with Gasteiger partial charge in [-0.2, -0.15) is 4.98 Å². The quantitative estimate of drug-likeness (QED) is 0.0973. The van der Waals surface area contributed by atoms with Crippen molar-refractivity contribution in [1.29, 1.82) is 5.41 Å². The zero-order valence-electron chi connectivity index (χ0n) is 26.1. The number of ether oxygens (including phenoxy) is 1. The molecular weight excluding hydrogens is 612 g/mol. The van der Waals surface area contributed by atoms with Crippen molar-refractivity contribution >= 4 is 28.7 Å². The number of hydrogen-bond donors (Lipinski definition) is 4. The highest BCUT2D eigenvalue weighted by Crippen LogP contribution is 2.36. The van der Waals surface area contributed by atoms with E-state index in [0.29, 0.717) is 54.0 Å². The number of likely N-dealkylation sites (tertiary alicyclic amines) is 1. The zero-order chi connectivity index (χ0) is 32.8. The Morgan fingerprint density at radius 1 is 1.22 bits per heavy atom. The van der Waals surface area contributed by atoms with Gasteiger partial charge in [-0.25, -0.2) is 9.18 Å². The number of amidine groups is 1. The van der Waals surface area contributed by atoms with Crippen LogP contribution in [0.25, 0.3) is 28.0 Å². The summed E-state index contributed by atoms with van der Waals surface area (Å²) in [6.07, 6.45) is 8.19. The number of aryl methyl sites for hydroxylation is 1. The minimum Gasteiger partial charge on any atom is -0.466 e. The van der Waals surface area contributed by atoms with Gasteiger partial charge < -0.3 is 21.2 Å². The number of nitrogens with zero attached hydrogens (tertiary/aromatic N) is 3. The molecule has 0 bridgehead atoms. The summed E-state index contributed by atoms with van der Waals surface area (Å²) in [5, 5.41) is 8.02. The second kappa shape index (κ2) is 15.2. The number of benzene rings is 2. The van der Waals surface area contributed by atoms with Crippen molar-refractivity contribution in [2.24, 2.45) is 11.5 Å². The van der Waals surface area contributed by atoms with Crippen LogP contribution in [0.4, 0.5) is 8.78 Å². The van der Waals surface area contributed by atoms with Crippen LogP contribution >= 0.6 is 11.6 Å². The van der Waals surface area contributed by atoms with E-state index in [9.17, 15) is 9.18 Å². The summed E-state index contributed by atoms with van der Waals surface area (Å²) >= 11 is 6.26. The molecule has 4 aromatic rings. The molecule has 1 saturated heterocycles. The summed E-state index contributed by atoms with van der Waals surface area (Å²) < 4.78 is 35.1. The summed E-state index contributed by atoms with van der Waals surface area (Å²) in [6, 6.07) is 13.1. The average Bonchev–Trinajstić information content (AvgIpc) is 3.43. The van der Waals surface area contributed by atoms with Gasteiger partial charge in [0.15, 0.2) is 5.82 Å². The molecule has 0 aliphatic carbocycles. The highest BCUT2D eigenvalue weighted by Gasteiger charge is 2.31. The van der Waals surface area contributed by atoms with Crippen LogP contribution < -0.4 is 17.2 Å². The van der Waals surface area contributed by atoms with E-state index in [0.717, 1.165) is 49.7 Å². The van der Waals surface area contributed by atoms with Gasteiger partial charge in [0.05, 0.1) is 29.7 Å². The topological polar surface area (TPSA) is 139 Å². The number of hydrogen-bond acceptors (Lipinski definition) is 6. The zero-order valence-corrected chi connectivity index (χ0v) is 26.8. The number of fused-ring (bicyclic) bond motifs is 1. The van der Waals surface area contributed by atoms with Crippen molar-refractivity contribution in [3.63, 3.8) is 0 Å². The van der Waals surface area contributed by atoms with E-state index in [-0.39, 0.29) is 29.2 Å². The maximum atomic E-state index is 15.2. The molecule has 3 heterocycles. The van der Waals surface area contributed by atoms with Crippen molar-refractivity contribution in [3.05, 3.63) is 81.1 Å². The summed E-state index contributed by atoms with van der Waals surface area (Å²) in [6.45, 7) is 2.53. The lowest BCUT2D eigenvalue weighted by Gasteiger charge is -2.42. The Morgan fingerprint density at radius 3 is 2.72 bits per heavy atom. The molecular formula is C34H42ClF2N7O2. The second-order valence-electron chi connectivity index (χ2n) is 12.2. The van der Waals surface area contributed by atoms with Gasteiger partial charge in [0.1, 0.15) is 5.65 Å². The normalized spacial score (nSPS) is 17.8. The van der Waals surface area contributed by atoms with Crippen LogP contribution in [0.3, 0.4) is 0 Å². The molecule has 1 aliphatic rings. The Labute approximate surface area is 272 Å². The minimum atomic E-state index is -0.535. The molecule has 0 radical (unpaired) electrons. The maximum absolute atomic E-state index is 15.2. The van der Waals surface area contributed by atoms with E-state index in [1.807, 2.05) is 31.2 Å². The summed E-state index contributed by atoms with van der Waals surface area (Å²) in [4.78, 5) is 22.8. The molecule has 12 heteroatoms. The first kappa shape index (κ1) is 33.6. The lowest BCUT2D eigenvalue weighted by molar-refractivity contribution is 0.0630. The van der Waals surface area contributed by atoms with Crippen molar-refractivity contribution < 1.29 is 13.5 Å². The van der Waals surface area contributed by atoms with Crippen molar-refractivity contribution in [2.45, 2.75) is 76.4 Å². The third kappa shape index (κ3) is 7.94. The van der Waals surface area contributed by atoms with E-state index in [4.69, 9.17) is 33.2 Å². The molecule has 6 N–H and O–H groups in total. The number of halogens is 3. The Balaban J connectivity index is 1.38. The maximum Gasteiger partial charge on any atom is 0.354 e. The number of aromatic nitrogens is 3. The number of rotatable bonds is 13. The highest BCUT2D eigenvalue weighted by atomic mass is 35.5. The van der Waals surface area contributed by atoms with Crippen LogP contribution in [0.1, 0.15) is 69.0 Å². The molecule has 5 rings (SSSR count). The van der Waals surface area contributed by atoms with Crippen LogP contribution in [-0.4, -0.2) is 57.4 Å². The van der Waals surface area contributed by atoms with Crippen molar-refractivity contribution in [2.75, 3.05) is 19.8 Å². The summed E-state index contributed by atoms with van der Waals surface area (Å²) in [5.41, 5.74) is 14.6. The molecule has 0 spiro atoms. The molecule has 2 aromatic heterocycles. The number of nitrogens with one attached hydrogen (secondary N) is 2. The van der Waals surface area contributed by atoms with E-state index in [2.05, 4.69) is 14.9 Å². The fourth-order valence-electron chi connectivity index (χ4n) is 6.48. The Hall–Kier alpha value is -3.80. The third-order valence-corrected chi connectivity index (χ3v) is 8.99. The number of alkyl halides is 1. The van der Waals surface area contributed by atoms with E-state index in [1.54, 1.807) is 24.4 Å². The fraction of sp³-hybridized carbons (Fsp3) is 0.441. The van der Waals surface area contributed by atoms with Gasteiger partial charge >= 0.3 is 5.69 Å². The van der Waals surface area contributed by atoms with E-state index in [1.165, 1.54) is 4.57 Å². The average molecular weight is 654 g/mol. The van der Waals surface area contributed by atoms with Gasteiger partial charge in [0.25, 0.3) is 6.02 Å². The SMILES string of the molecule is C[C@H](N)CCCc1cc(Cl)c(F)c(-c2cc3cn(-c4ccc([C@@H]5CCC[C@@H](CCOC(=N)N)N5CCCF)cc4)c(=O)nc3[nH]2)c1. The lowest BCUT2D eigenvalue weighted by atomic mass is 9.89. The monoisotopic (exact) mass is 653 g/mol. The number of aromatic amines is 1. The van der Waals surface area contributed by atoms with Gasteiger partial charge in [0.2, 0.25) is 0 Å². The standard InChI is InChI=1S/C34H42ClF2N7O2/c1-21(38)5-2-6-22-17-27(31(37)28(35)18-22)29-19-24-20-44(34(45)42-32(24)41-29)26-11-9-23(10-12-26)30-8-3-7-25(13-16-46-33(39)40)43(30)15-4-14-36/h9-12,17-21,25,30H,2-8,13-16,38H2,1H3,(H3,39,40)(H,41,42,45)/t21-,25-,30-/m0/s1. The van der Waals surface area contributed by atoms with Crippen LogP contribution in [0.15, 0.2) is 53.5 Å².